The average Bonchev–Trinajstić information content (AvgIpc) is 2.44. The molecule has 0 radical (unpaired) electrons. The molecule has 0 aliphatic rings. The van der Waals surface area contributed by atoms with E-state index in [1.54, 1.807) is 18.2 Å². The third kappa shape index (κ3) is 3.42. The maximum Gasteiger partial charge on any atom is 0.323 e. The molecule has 0 atom stereocenters. The Hall–Kier alpha value is -2.68. The fourth-order valence-corrected chi connectivity index (χ4v) is 1.69. The zero-order valence-corrected chi connectivity index (χ0v) is 11.3. The second kappa shape index (κ2) is 7.04. The number of carbonyl (C=O) groups excluding carboxylic acids is 1. The van der Waals surface area contributed by atoms with Gasteiger partial charge in [0.15, 0.2) is 0 Å². The third-order valence-electron chi connectivity index (χ3n) is 2.54. The zero-order chi connectivity index (χ0) is 15.1. The summed E-state index contributed by atoms with van der Waals surface area (Å²) in [5, 5.41) is 8.83. The maximum atomic E-state index is 12.4. The summed E-state index contributed by atoms with van der Waals surface area (Å²) in [6.07, 6.45) is 5.16. The molecule has 0 spiro atoms. The fourth-order valence-electron chi connectivity index (χ4n) is 1.69. The van der Waals surface area contributed by atoms with Gasteiger partial charge in [-0.05, 0) is 12.1 Å². The van der Waals surface area contributed by atoms with Gasteiger partial charge in [0.05, 0.1) is 20.8 Å². The number of carboxylic acids is 1. The summed E-state index contributed by atoms with van der Waals surface area (Å²) in [4.78, 5) is 24.3. The lowest BCUT2D eigenvalue weighted by Gasteiger charge is -2.20. The van der Waals surface area contributed by atoms with Gasteiger partial charge in [-0.15, -0.1) is 6.42 Å². The Morgan fingerprint density at radius 1 is 1.30 bits per heavy atom. The van der Waals surface area contributed by atoms with Crippen LogP contribution >= 0.6 is 0 Å². The van der Waals surface area contributed by atoms with Crippen molar-refractivity contribution in [3.05, 3.63) is 23.8 Å². The Morgan fingerprint density at radius 3 is 2.25 bits per heavy atom. The van der Waals surface area contributed by atoms with Crippen molar-refractivity contribution in [2.24, 2.45) is 0 Å². The molecule has 20 heavy (non-hydrogen) atoms. The van der Waals surface area contributed by atoms with Crippen molar-refractivity contribution >= 4 is 11.9 Å². The average molecular weight is 277 g/mol. The molecule has 0 heterocycles. The van der Waals surface area contributed by atoms with Crippen molar-refractivity contribution in [2.75, 3.05) is 27.3 Å². The van der Waals surface area contributed by atoms with E-state index >= 15 is 0 Å². The smallest absolute Gasteiger partial charge is 0.323 e. The van der Waals surface area contributed by atoms with E-state index < -0.39 is 18.4 Å². The number of carbonyl (C=O) groups is 2. The fraction of sp³-hybridized carbons (Fsp3) is 0.286. The van der Waals surface area contributed by atoms with Gasteiger partial charge in [-0.3, -0.25) is 9.59 Å². The van der Waals surface area contributed by atoms with Crippen LogP contribution in [-0.4, -0.2) is 49.2 Å². The van der Waals surface area contributed by atoms with Gasteiger partial charge in [-0.2, -0.15) is 0 Å². The van der Waals surface area contributed by atoms with Crippen LogP contribution in [0, 0.1) is 12.3 Å². The molecule has 0 bridgehead atoms. The Kier molecular flexibility index (Phi) is 5.42. The summed E-state index contributed by atoms with van der Waals surface area (Å²) in [5.41, 5.74) is 0.147. The number of amides is 1. The van der Waals surface area contributed by atoms with Gasteiger partial charge in [-0.1, -0.05) is 12.0 Å². The monoisotopic (exact) mass is 277 g/mol. The molecule has 6 nitrogen and oxygen atoms in total. The Balaban J connectivity index is 3.23. The highest BCUT2D eigenvalue weighted by Crippen LogP contribution is 2.29. The molecule has 1 N–H and O–H groups in total. The summed E-state index contributed by atoms with van der Waals surface area (Å²) in [6.45, 7) is -0.615. The molecule has 1 aromatic carbocycles. The number of nitrogens with zero attached hydrogens (tertiary/aromatic N) is 1. The Bertz CT molecular complexity index is 525. The van der Waals surface area contributed by atoms with E-state index in [1.165, 1.54) is 14.2 Å². The van der Waals surface area contributed by atoms with Crippen molar-refractivity contribution < 1.29 is 24.2 Å². The first kappa shape index (κ1) is 15.4. The van der Waals surface area contributed by atoms with Gasteiger partial charge in [0.1, 0.15) is 23.6 Å². The molecule has 6 heteroatoms. The van der Waals surface area contributed by atoms with Crippen LogP contribution in [0.5, 0.6) is 11.5 Å². The number of ether oxygens (including phenoxy) is 2. The second-order valence-electron chi connectivity index (χ2n) is 3.80. The minimum atomic E-state index is -1.15. The van der Waals surface area contributed by atoms with Crippen molar-refractivity contribution in [1.29, 1.82) is 0 Å². The summed E-state index contributed by atoms with van der Waals surface area (Å²) in [6, 6.07) is 4.84. The summed E-state index contributed by atoms with van der Waals surface area (Å²) in [5.74, 6) is 1.14. The lowest BCUT2D eigenvalue weighted by Crippen LogP contribution is -2.36. The predicted octanol–water partition coefficient (Wildman–Crippen LogP) is 0.864. The Labute approximate surface area is 116 Å². The van der Waals surface area contributed by atoms with E-state index in [9.17, 15) is 9.59 Å². The first-order chi connectivity index (χ1) is 9.54. The quantitative estimate of drug-likeness (QED) is 0.781. The molecule has 1 amide bonds. The van der Waals surface area contributed by atoms with Gasteiger partial charge < -0.3 is 19.5 Å². The SMILES string of the molecule is C#CCN(CC(=O)O)C(=O)c1c(OC)cccc1OC. The van der Waals surface area contributed by atoms with E-state index in [4.69, 9.17) is 21.0 Å². The number of hydrogen-bond donors (Lipinski definition) is 1. The van der Waals surface area contributed by atoms with Crippen molar-refractivity contribution in [3.63, 3.8) is 0 Å². The number of carboxylic acid groups (broad SMARTS) is 1. The van der Waals surface area contributed by atoms with Crippen LogP contribution in [0.1, 0.15) is 10.4 Å². The molecule has 0 saturated carbocycles. The number of methoxy groups -OCH3 is 2. The first-order valence-corrected chi connectivity index (χ1v) is 5.70. The minimum Gasteiger partial charge on any atom is -0.496 e. The topological polar surface area (TPSA) is 76.1 Å². The summed E-state index contributed by atoms with van der Waals surface area (Å²) >= 11 is 0. The van der Waals surface area contributed by atoms with E-state index in [2.05, 4.69) is 5.92 Å². The minimum absolute atomic E-state index is 0.119. The van der Waals surface area contributed by atoms with E-state index in [0.29, 0.717) is 11.5 Å². The molecule has 106 valence electrons. The van der Waals surface area contributed by atoms with E-state index in [0.717, 1.165) is 4.90 Å². The van der Waals surface area contributed by atoms with Gasteiger partial charge in [0.25, 0.3) is 5.91 Å². The Morgan fingerprint density at radius 2 is 1.85 bits per heavy atom. The van der Waals surface area contributed by atoms with Crippen LogP contribution in [-0.2, 0) is 4.79 Å². The number of hydrogen-bond acceptors (Lipinski definition) is 4. The molecule has 0 aliphatic carbocycles. The predicted molar refractivity (Wildman–Crippen MR) is 71.9 cm³/mol. The lowest BCUT2D eigenvalue weighted by molar-refractivity contribution is -0.137. The van der Waals surface area contributed by atoms with Crippen LogP contribution in [0.25, 0.3) is 0 Å². The van der Waals surface area contributed by atoms with Crippen molar-refractivity contribution in [3.8, 4) is 23.8 Å². The van der Waals surface area contributed by atoms with Crippen LogP contribution in [0.15, 0.2) is 18.2 Å². The molecular formula is C14H15NO5. The number of benzene rings is 1. The van der Waals surface area contributed by atoms with Gasteiger partial charge in [0, 0.05) is 0 Å². The molecule has 0 saturated heterocycles. The van der Waals surface area contributed by atoms with Crippen LogP contribution in [0.4, 0.5) is 0 Å². The largest absolute Gasteiger partial charge is 0.496 e. The second-order valence-corrected chi connectivity index (χ2v) is 3.80. The van der Waals surface area contributed by atoms with Crippen molar-refractivity contribution in [1.82, 2.24) is 4.90 Å². The number of aliphatic carboxylic acids is 1. The van der Waals surface area contributed by atoms with Crippen LogP contribution in [0.2, 0.25) is 0 Å². The molecule has 0 unspecified atom stereocenters. The zero-order valence-electron chi connectivity index (χ0n) is 11.3. The molecule has 1 rings (SSSR count). The van der Waals surface area contributed by atoms with Crippen molar-refractivity contribution in [2.45, 2.75) is 0 Å². The molecule has 0 fully saturated rings. The van der Waals surface area contributed by atoms with E-state index in [-0.39, 0.29) is 12.1 Å². The standard InChI is InChI=1S/C14H15NO5/c1-4-8-15(9-12(16)17)14(18)13-10(19-2)6-5-7-11(13)20-3/h1,5-7H,8-9H2,2-3H3,(H,16,17). The third-order valence-corrected chi connectivity index (χ3v) is 2.54. The molecule has 0 aromatic heterocycles. The summed E-state index contributed by atoms with van der Waals surface area (Å²) in [7, 11) is 2.82. The maximum absolute atomic E-state index is 12.4. The molecular weight excluding hydrogens is 262 g/mol. The van der Waals surface area contributed by atoms with Gasteiger partial charge in [0.2, 0.25) is 0 Å². The number of rotatable bonds is 6. The van der Waals surface area contributed by atoms with E-state index in [1.807, 2.05) is 0 Å². The van der Waals surface area contributed by atoms with Crippen LogP contribution in [0.3, 0.4) is 0 Å². The van der Waals surface area contributed by atoms with Gasteiger partial charge >= 0.3 is 5.97 Å². The highest BCUT2D eigenvalue weighted by molar-refractivity contribution is 6.01. The number of terminal acetylenes is 1. The summed E-state index contributed by atoms with van der Waals surface area (Å²) < 4.78 is 10.2. The van der Waals surface area contributed by atoms with Crippen LogP contribution < -0.4 is 9.47 Å². The first-order valence-electron chi connectivity index (χ1n) is 5.70. The molecule has 0 aliphatic heterocycles. The lowest BCUT2D eigenvalue weighted by atomic mass is 10.1. The highest BCUT2D eigenvalue weighted by atomic mass is 16.5. The van der Waals surface area contributed by atoms with Gasteiger partial charge in [-0.25, -0.2) is 0 Å². The highest BCUT2D eigenvalue weighted by Gasteiger charge is 2.24. The normalized spacial score (nSPS) is 9.45. The molecule has 1 aromatic rings.